The SMILES string of the molecule is C=CC(C1CCCCC1)C(CCO)c1ccccc1. The average molecular weight is 258 g/mol. The van der Waals surface area contributed by atoms with Crippen LogP contribution in [0.2, 0.25) is 0 Å². The van der Waals surface area contributed by atoms with Crippen molar-refractivity contribution in [3.63, 3.8) is 0 Å². The summed E-state index contributed by atoms with van der Waals surface area (Å²) in [7, 11) is 0. The first-order chi connectivity index (χ1) is 9.36. The van der Waals surface area contributed by atoms with E-state index >= 15 is 0 Å². The lowest BCUT2D eigenvalue weighted by molar-refractivity contribution is 0.215. The summed E-state index contributed by atoms with van der Waals surface area (Å²) in [5, 5.41) is 9.41. The number of allylic oxidation sites excluding steroid dienone is 1. The van der Waals surface area contributed by atoms with E-state index in [0.717, 1.165) is 12.3 Å². The molecule has 1 aliphatic rings. The van der Waals surface area contributed by atoms with E-state index in [1.54, 1.807) is 0 Å². The van der Waals surface area contributed by atoms with E-state index in [1.807, 2.05) is 0 Å². The van der Waals surface area contributed by atoms with Crippen LogP contribution in [-0.4, -0.2) is 11.7 Å². The molecule has 104 valence electrons. The zero-order chi connectivity index (χ0) is 13.5. The molecular weight excluding hydrogens is 232 g/mol. The van der Waals surface area contributed by atoms with Crippen molar-refractivity contribution >= 4 is 0 Å². The molecule has 1 aromatic rings. The fraction of sp³-hybridized carbons (Fsp3) is 0.556. The number of hydrogen-bond donors (Lipinski definition) is 1. The van der Waals surface area contributed by atoms with Crippen LogP contribution in [0.3, 0.4) is 0 Å². The monoisotopic (exact) mass is 258 g/mol. The Bertz CT molecular complexity index is 365. The third kappa shape index (κ3) is 3.70. The van der Waals surface area contributed by atoms with Crippen molar-refractivity contribution in [1.82, 2.24) is 0 Å². The Morgan fingerprint density at radius 3 is 2.42 bits per heavy atom. The van der Waals surface area contributed by atoms with Crippen LogP contribution < -0.4 is 0 Å². The van der Waals surface area contributed by atoms with Crippen LogP contribution in [0.25, 0.3) is 0 Å². The summed E-state index contributed by atoms with van der Waals surface area (Å²) in [5.41, 5.74) is 1.35. The maximum absolute atomic E-state index is 9.41. The number of benzene rings is 1. The predicted octanol–water partition coefficient (Wildman–Crippen LogP) is 4.54. The normalized spacial score (nSPS) is 19.8. The minimum Gasteiger partial charge on any atom is -0.396 e. The van der Waals surface area contributed by atoms with Crippen LogP contribution in [-0.2, 0) is 0 Å². The summed E-state index contributed by atoms with van der Waals surface area (Å²) >= 11 is 0. The zero-order valence-corrected chi connectivity index (χ0v) is 11.8. The average Bonchev–Trinajstić information content (AvgIpc) is 2.49. The van der Waals surface area contributed by atoms with Crippen molar-refractivity contribution in [2.45, 2.75) is 44.4 Å². The van der Waals surface area contributed by atoms with E-state index in [4.69, 9.17) is 0 Å². The molecule has 0 bridgehead atoms. The van der Waals surface area contributed by atoms with Gasteiger partial charge in [-0.3, -0.25) is 0 Å². The molecule has 19 heavy (non-hydrogen) atoms. The second-order valence-corrected chi connectivity index (χ2v) is 5.74. The molecule has 0 saturated heterocycles. The van der Waals surface area contributed by atoms with Crippen molar-refractivity contribution in [1.29, 1.82) is 0 Å². The maximum atomic E-state index is 9.41. The summed E-state index contributed by atoms with van der Waals surface area (Å²) in [4.78, 5) is 0. The van der Waals surface area contributed by atoms with Crippen molar-refractivity contribution < 1.29 is 5.11 Å². The lowest BCUT2D eigenvalue weighted by atomic mass is 9.71. The Morgan fingerprint density at radius 1 is 1.16 bits per heavy atom. The van der Waals surface area contributed by atoms with Crippen LogP contribution in [0, 0.1) is 11.8 Å². The Morgan fingerprint density at radius 2 is 1.84 bits per heavy atom. The van der Waals surface area contributed by atoms with E-state index in [0.29, 0.717) is 11.8 Å². The third-order valence-corrected chi connectivity index (χ3v) is 4.60. The second-order valence-electron chi connectivity index (χ2n) is 5.74. The van der Waals surface area contributed by atoms with Gasteiger partial charge >= 0.3 is 0 Å². The summed E-state index contributed by atoms with van der Waals surface area (Å²) in [6, 6.07) is 10.6. The van der Waals surface area contributed by atoms with Crippen LogP contribution in [0.15, 0.2) is 43.0 Å². The Hall–Kier alpha value is -1.08. The molecule has 0 amide bonds. The quantitative estimate of drug-likeness (QED) is 0.743. The fourth-order valence-corrected chi connectivity index (χ4v) is 3.62. The van der Waals surface area contributed by atoms with Gasteiger partial charge in [0.15, 0.2) is 0 Å². The lowest BCUT2D eigenvalue weighted by Gasteiger charge is -2.34. The summed E-state index contributed by atoms with van der Waals surface area (Å²) in [6.07, 6.45) is 9.74. The van der Waals surface area contributed by atoms with Crippen LogP contribution in [0.4, 0.5) is 0 Å². The number of hydrogen-bond acceptors (Lipinski definition) is 1. The van der Waals surface area contributed by atoms with Gasteiger partial charge in [0.05, 0.1) is 0 Å². The molecule has 1 aromatic carbocycles. The van der Waals surface area contributed by atoms with Gasteiger partial charge in [0.2, 0.25) is 0 Å². The van der Waals surface area contributed by atoms with E-state index in [2.05, 4.69) is 43.0 Å². The molecule has 1 nitrogen and oxygen atoms in total. The van der Waals surface area contributed by atoms with Crippen LogP contribution >= 0.6 is 0 Å². The largest absolute Gasteiger partial charge is 0.396 e. The van der Waals surface area contributed by atoms with Gasteiger partial charge in [-0.1, -0.05) is 55.7 Å². The second kappa shape index (κ2) is 7.49. The Labute approximate surface area is 117 Å². The predicted molar refractivity (Wildman–Crippen MR) is 81.1 cm³/mol. The van der Waals surface area contributed by atoms with Gasteiger partial charge in [0.25, 0.3) is 0 Å². The molecule has 0 radical (unpaired) electrons. The summed E-state index contributed by atoms with van der Waals surface area (Å²) in [5.74, 6) is 1.68. The summed E-state index contributed by atoms with van der Waals surface area (Å²) in [6.45, 7) is 4.34. The first-order valence-corrected chi connectivity index (χ1v) is 7.65. The summed E-state index contributed by atoms with van der Waals surface area (Å²) < 4.78 is 0. The van der Waals surface area contributed by atoms with Crippen molar-refractivity contribution in [2.75, 3.05) is 6.61 Å². The van der Waals surface area contributed by atoms with Gasteiger partial charge in [-0.2, -0.15) is 0 Å². The maximum Gasteiger partial charge on any atom is 0.0437 e. The Balaban J connectivity index is 2.17. The van der Waals surface area contributed by atoms with Gasteiger partial charge in [0, 0.05) is 6.61 Å². The van der Waals surface area contributed by atoms with Crippen molar-refractivity contribution in [2.24, 2.45) is 11.8 Å². The topological polar surface area (TPSA) is 20.2 Å². The number of aliphatic hydroxyl groups excluding tert-OH is 1. The number of rotatable bonds is 6. The highest BCUT2D eigenvalue weighted by molar-refractivity contribution is 5.22. The van der Waals surface area contributed by atoms with Gasteiger partial charge in [0.1, 0.15) is 0 Å². The molecule has 1 saturated carbocycles. The minimum absolute atomic E-state index is 0.261. The van der Waals surface area contributed by atoms with Gasteiger partial charge in [-0.15, -0.1) is 6.58 Å². The van der Waals surface area contributed by atoms with Gasteiger partial charge in [-0.25, -0.2) is 0 Å². The van der Waals surface area contributed by atoms with E-state index < -0.39 is 0 Å². The highest BCUT2D eigenvalue weighted by Gasteiger charge is 2.28. The first-order valence-electron chi connectivity index (χ1n) is 7.65. The van der Waals surface area contributed by atoms with E-state index in [9.17, 15) is 5.11 Å². The van der Waals surface area contributed by atoms with Gasteiger partial charge < -0.3 is 5.11 Å². The molecule has 1 aliphatic carbocycles. The van der Waals surface area contributed by atoms with Crippen molar-refractivity contribution in [3.05, 3.63) is 48.6 Å². The molecular formula is C18H26O. The zero-order valence-electron chi connectivity index (χ0n) is 11.8. The molecule has 2 atom stereocenters. The molecule has 1 fully saturated rings. The highest BCUT2D eigenvalue weighted by atomic mass is 16.3. The molecule has 2 unspecified atom stereocenters. The van der Waals surface area contributed by atoms with Crippen LogP contribution in [0.1, 0.15) is 50.0 Å². The van der Waals surface area contributed by atoms with E-state index in [1.165, 1.54) is 37.7 Å². The highest BCUT2D eigenvalue weighted by Crippen LogP contribution is 2.40. The van der Waals surface area contributed by atoms with Gasteiger partial charge in [-0.05, 0) is 42.6 Å². The fourth-order valence-electron chi connectivity index (χ4n) is 3.62. The molecule has 0 aliphatic heterocycles. The smallest absolute Gasteiger partial charge is 0.0437 e. The minimum atomic E-state index is 0.261. The molecule has 1 heteroatoms. The van der Waals surface area contributed by atoms with Crippen molar-refractivity contribution in [3.8, 4) is 0 Å². The molecule has 0 aromatic heterocycles. The molecule has 0 spiro atoms. The Kier molecular flexibility index (Phi) is 5.65. The van der Waals surface area contributed by atoms with Crippen LogP contribution in [0.5, 0.6) is 0 Å². The molecule has 0 heterocycles. The number of aliphatic hydroxyl groups is 1. The third-order valence-electron chi connectivity index (χ3n) is 4.60. The standard InChI is InChI=1S/C18H26O/c1-2-17(15-9-5-3-6-10-15)18(13-14-19)16-11-7-4-8-12-16/h2,4,7-8,11-12,15,17-19H,1,3,5-6,9-10,13-14H2. The van der Waals surface area contributed by atoms with E-state index in [-0.39, 0.29) is 6.61 Å². The lowest BCUT2D eigenvalue weighted by Crippen LogP contribution is -2.23. The first kappa shape index (κ1) is 14.3. The molecule has 2 rings (SSSR count). The molecule has 1 N–H and O–H groups in total.